The quantitative estimate of drug-likeness (QED) is 0.107. The minimum atomic E-state index is -1.57. The maximum Gasteiger partial charge on any atom is 0.205 e. The monoisotopic (exact) mass is 1610 g/mol. The molecule has 582 valence electrons. The summed E-state index contributed by atoms with van der Waals surface area (Å²) in [6.45, 7) is 18.4. The number of benzene rings is 7. The molecule has 5 saturated heterocycles. The molecule has 5 fully saturated rings. The zero-order valence-corrected chi connectivity index (χ0v) is 67.5. The summed E-state index contributed by atoms with van der Waals surface area (Å²) in [5.74, 6) is 0.686. The van der Waals surface area contributed by atoms with E-state index in [-0.39, 0.29) is 28.9 Å². The number of hydrogen-bond donors (Lipinski definition) is 5. The highest BCUT2D eigenvalue weighted by Gasteiger charge is 2.58. The van der Waals surface area contributed by atoms with Crippen molar-refractivity contribution in [3.05, 3.63) is 251 Å². The molecular formula is C88H79Cl2N13O10S2. The van der Waals surface area contributed by atoms with Crippen LogP contribution in [0.4, 0.5) is 55.5 Å². The number of thiophene rings is 2. The van der Waals surface area contributed by atoms with Crippen LogP contribution >= 0.6 is 45.9 Å². The molecule has 5 N–H and O–H groups in total. The smallest absolute Gasteiger partial charge is 0.205 e. The van der Waals surface area contributed by atoms with Gasteiger partial charge in [-0.2, -0.15) is 10.4 Å². The number of aliphatic hydroxyl groups is 5. The van der Waals surface area contributed by atoms with Gasteiger partial charge in [-0.05, 0) is 209 Å². The fourth-order valence-electron chi connectivity index (χ4n) is 16.2. The number of Topliss-reactive ketones (excluding diaryl/α,β-unsaturated/α-hetero) is 5. The van der Waals surface area contributed by atoms with Gasteiger partial charge < -0.3 is 50.0 Å². The number of nitrogens with zero attached hydrogens (tertiary/aromatic N) is 13. The van der Waals surface area contributed by atoms with Crippen LogP contribution in [-0.4, -0.2) is 154 Å². The van der Waals surface area contributed by atoms with Gasteiger partial charge in [0, 0.05) is 132 Å². The first-order valence-corrected chi connectivity index (χ1v) is 40.1. The topological polar surface area (TPSA) is 306 Å². The highest BCUT2D eigenvalue weighted by atomic mass is 35.5. The standard InChI is InChI=1S/2C18H15ClN2O2.C18H15N3O2S.C17H18N4O2.C17H16N2O2S/c1-11-2-5-13(6-3-11)21-9-8-18(23)16(22)14-10-12(19)4-7-15(14)20-17(18)21;1-11-9-15-13(10-14(11)19)16(22)18(23)7-8-21(17(18)20-15)12-5-3-2-4-6-12;1-10-7-13(4-3-12(10)9-19)21-6-5-18(23)15(22)14-8-11(2)24-16(14)20-17(18)21;1-10-6-13-14(7-11(10)2)19-16-17(23,15(13)22)4-5-21(16)12-8-18-20(3)9-12;1-10-8-12-13(9-11(10)2)18-16-17(21,15(12)20)5-6-19(16)14-4-3-7-22-14/h2-7,10,23H,8-9H2,1H3;2-6,9-10,23H,7-8H2,1H3;3-4,7-8,23H,5-6H2,1-2H3;6-9,23H,4-5H2,1-3H3;3-4,7-9,21H,5-6H2,1-2H3/t3*18-;2*17-/m11111/s1. The molecule has 0 radical (unpaired) electrons. The van der Waals surface area contributed by atoms with Gasteiger partial charge in [-0.15, -0.1) is 22.7 Å². The van der Waals surface area contributed by atoms with Crippen molar-refractivity contribution < 1.29 is 49.5 Å². The van der Waals surface area contributed by atoms with E-state index in [1.165, 1.54) is 11.3 Å². The van der Waals surface area contributed by atoms with Crippen LogP contribution in [0.2, 0.25) is 10.0 Å². The van der Waals surface area contributed by atoms with Gasteiger partial charge in [-0.25, -0.2) is 25.0 Å². The highest BCUT2D eigenvalue weighted by Crippen LogP contribution is 2.48. The van der Waals surface area contributed by atoms with Gasteiger partial charge in [0.1, 0.15) is 22.5 Å². The molecule has 10 aliphatic rings. The molecule has 0 saturated carbocycles. The molecule has 5 atom stereocenters. The summed E-state index contributed by atoms with van der Waals surface area (Å²) in [5.41, 5.74) is 8.30. The second kappa shape index (κ2) is 29.2. The van der Waals surface area contributed by atoms with E-state index < -0.39 is 28.0 Å². The average molecular weight is 1610 g/mol. The van der Waals surface area contributed by atoms with E-state index in [2.05, 4.69) is 36.1 Å². The van der Waals surface area contributed by atoms with E-state index in [9.17, 15) is 49.5 Å². The van der Waals surface area contributed by atoms with Crippen molar-refractivity contribution >= 4 is 159 Å². The number of amidine groups is 5. The van der Waals surface area contributed by atoms with E-state index in [0.29, 0.717) is 165 Å². The maximum absolute atomic E-state index is 12.9. The number of carbonyl (C=O) groups is 5. The summed E-state index contributed by atoms with van der Waals surface area (Å²) in [6, 6.07) is 46.9. The van der Waals surface area contributed by atoms with Crippen molar-refractivity contribution in [3.63, 3.8) is 0 Å². The molecule has 0 spiro atoms. The number of fused-ring (bicyclic) bond motifs is 10. The molecule has 0 unspecified atom stereocenters. The Balaban J connectivity index is 0.000000108. The second-order valence-corrected chi connectivity index (χ2v) is 33.5. The van der Waals surface area contributed by atoms with Crippen molar-refractivity contribution in [2.24, 2.45) is 32.0 Å². The van der Waals surface area contributed by atoms with Gasteiger partial charge in [-0.3, -0.25) is 28.7 Å². The van der Waals surface area contributed by atoms with Crippen molar-refractivity contribution in [2.75, 3.05) is 57.2 Å². The summed E-state index contributed by atoms with van der Waals surface area (Å²) < 4.78 is 1.69. The number of aryl methyl sites for hydroxylation is 9. The lowest BCUT2D eigenvalue weighted by Gasteiger charge is -2.30. The Morgan fingerprint density at radius 3 is 1.35 bits per heavy atom. The Labute approximate surface area is 681 Å². The number of para-hydroxylation sites is 1. The molecule has 7 aromatic carbocycles. The van der Waals surface area contributed by atoms with Crippen molar-refractivity contribution in [3.8, 4) is 6.07 Å². The van der Waals surface area contributed by atoms with E-state index in [1.807, 2.05) is 202 Å². The summed E-state index contributed by atoms with van der Waals surface area (Å²) >= 11 is 15.2. The first-order chi connectivity index (χ1) is 54.8. The van der Waals surface area contributed by atoms with Crippen LogP contribution in [-0.2, 0) is 7.05 Å². The van der Waals surface area contributed by atoms with Gasteiger partial charge in [-0.1, -0.05) is 59.1 Å². The van der Waals surface area contributed by atoms with Crippen LogP contribution in [0.5, 0.6) is 0 Å². The summed E-state index contributed by atoms with van der Waals surface area (Å²) in [7, 11) is 1.83. The van der Waals surface area contributed by atoms with Crippen molar-refractivity contribution in [1.82, 2.24) is 9.78 Å². The minimum absolute atomic E-state index is 0.227. The lowest BCUT2D eigenvalue weighted by Crippen LogP contribution is -2.48. The van der Waals surface area contributed by atoms with Crippen LogP contribution < -0.4 is 24.5 Å². The van der Waals surface area contributed by atoms with Crippen molar-refractivity contribution in [1.29, 1.82) is 5.26 Å². The molecule has 13 heterocycles. The van der Waals surface area contributed by atoms with Crippen LogP contribution in [0.3, 0.4) is 0 Å². The second-order valence-electron chi connectivity index (χ2n) is 30.5. The molecule has 3 aromatic heterocycles. The summed E-state index contributed by atoms with van der Waals surface area (Å²) in [4.78, 5) is 97.7. The number of halogens is 2. The van der Waals surface area contributed by atoms with E-state index >= 15 is 0 Å². The largest absolute Gasteiger partial charge is 0.374 e. The fourth-order valence-corrected chi connectivity index (χ4v) is 18.1. The number of carbonyl (C=O) groups excluding carboxylic acids is 5. The number of aromatic nitrogens is 2. The molecule has 27 heteroatoms. The molecule has 10 aromatic rings. The van der Waals surface area contributed by atoms with Crippen LogP contribution in [0, 0.1) is 66.7 Å². The number of ketones is 5. The third-order valence-corrected chi connectivity index (χ3v) is 25.4. The molecular weight excluding hydrogens is 1530 g/mol. The normalized spacial score (nSPS) is 22.7. The van der Waals surface area contributed by atoms with Crippen LogP contribution in [0.1, 0.15) is 133 Å². The Kier molecular flexibility index (Phi) is 19.7. The molecule has 0 aliphatic carbocycles. The number of anilines is 5. The lowest BCUT2D eigenvalue weighted by molar-refractivity contribution is 0.0600. The average Bonchev–Trinajstić information content (AvgIpc) is 1.65. The van der Waals surface area contributed by atoms with Crippen LogP contribution in [0.25, 0.3) is 0 Å². The van der Waals surface area contributed by atoms with E-state index in [0.717, 1.165) is 71.6 Å². The van der Waals surface area contributed by atoms with Gasteiger partial charge in [0.2, 0.25) is 28.9 Å². The summed E-state index contributed by atoms with van der Waals surface area (Å²) in [6.07, 6.45) is 5.26. The number of rotatable bonds is 5. The number of nitriles is 1. The minimum Gasteiger partial charge on any atom is -0.374 e. The van der Waals surface area contributed by atoms with Crippen LogP contribution in [0.15, 0.2) is 188 Å². The fraction of sp³-hybridized carbons (Fsp3) is 0.273. The first kappa shape index (κ1) is 77.6. The molecule has 10 aliphatic heterocycles. The number of aliphatic imine (C=N–C) groups is 5. The molecule has 0 bridgehead atoms. The Hall–Kier alpha value is -11.3. The number of hydrogen-bond acceptors (Lipinski definition) is 24. The highest BCUT2D eigenvalue weighted by molar-refractivity contribution is 7.16. The maximum atomic E-state index is 12.9. The SMILES string of the molecule is Cc1cc2c(cc1C)C(=O)[C@]1(O)CCN(c3cccs3)C1=N2.Cc1cc2c(cc1C)C(=O)[C@]1(O)CCN(c3cnn(C)c3)C1=N2.Cc1cc2c(cc1Cl)C(=O)[C@]1(O)CCN(c3ccccc3)C1=N2.Cc1cc2c(s1)N=C1N(c3ccc(C#N)c(C)c3)CC[C@@]1(O)C2=O.Cc1ccc(N2CC[C@@]3(O)C(=O)c4cc(Cl)ccc4N=C23)cc1. The molecule has 0 amide bonds. The first-order valence-electron chi connectivity index (χ1n) is 37.6. The van der Waals surface area contributed by atoms with Gasteiger partial charge in [0.25, 0.3) is 0 Å². The Morgan fingerprint density at radius 2 is 0.852 bits per heavy atom. The molecule has 20 rings (SSSR count). The molecule has 23 nitrogen and oxygen atoms in total. The molecule has 115 heavy (non-hydrogen) atoms. The predicted octanol–water partition coefficient (Wildman–Crippen LogP) is 15.3. The summed E-state index contributed by atoms with van der Waals surface area (Å²) in [5, 5.41) is 72.6. The van der Waals surface area contributed by atoms with Gasteiger partial charge in [0.05, 0.1) is 56.8 Å². The third kappa shape index (κ3) is 13.2. The Morgan fingerprint density at radius 1 is 0.417 bits per heavy atom. The van der Waals surface area contributed by atoms with E-state index in [1.54, 1.807) is 64.7 Å². The lowest BCUT2D eigenvalue weighted by atomic mass is 9.86. The zero-order chi connectivity index (χ0) is 81.3. The predicted molar refractivity (Wildman–Crippen MR) is 451 cm³/mol. The zero-order valence-electron chi connectivity index (χ0n) is 64.3. The van der Waals surface area contributed by atoms with Crippen molar-refractivity contribution in [2.45, 2.75) is 115 Å². The van der Waals surface area contributed by atoms with E-state index in [4.69, 9.17) is 28.5 Å². The van der Waals surface area contributed by atoms with Gasteiger partial charge >= 0.3 is 0 Å². The third-order valence-electron chi connectivity index (χ3n) is 23.0. The van der Waals surface area contributed by atoms with Gasteiger partial charge in [0.15, 0.2) is 39.7 Å². The Bertz CT molecular complexity index is 6010.